The Morgan fingerprint density at radius 3 is 2.61 bits per heavy atom. The molecular formula is C23H22N6O3S. The number of rotatable bonds is 7. The molecule has 0 fully saturated rings. The van der Waals surface area contributed by atoms with Crippen LogP contribution in [0.2, 0.25) is 0 Å². The molecule has 168 valence electrons. The van der Waals surface area contributed by atoms with Crippen molar-refractivity contribution < 1.29 is 4.79 Å². The fourth-order valence-electron chi connectivity index (χ4n) is 3.22. The Kier molecular flexibility index (Phi) is 6.55. The van der Waals surface area contributed by atoms with Crippen molar-refractivity contribution in [2.24, 2.45) is 0 Å². The molecule has 10 heteroatoms. The van der Waals surface area contributed by atoms with Crippen LogP contribution in [0.1, 0.15) is 11.4 Å². The minimum atomic E-state index is -0.349. The van der Waals surface area contributed by atoms with E-state index in [4.69, 9.17) is 0 Å². The zero-order chi connectivity index (χ0) is 23.4. The van der Waals surface area contributed by atoms with Gasteiger partial charge in [0.2, 0.25) is 5.91 Å². The van der Waals surface area contributed by atoms with E-state index in [0.29, 0.717) is 11.4 Å². The summed E-state index contributed by atoms with van der Waals surface area (Å²) in [6.07, 6.45) is 1.34. The third-order valence-electron chi connectivity index (χ3n) is 4.89. The van der Waals surface area contributed by atoms with E-state index in [1.54, 1.807) is 13.0 Å². The van der Waals surface area contributed by atoms with Gasteiger partial charge in [0.25, 0.3) is 11.1 Å². The summed E-state index contributed by atoms with van der Waals surface area (Å²) >= 11 is 1.52. The molecule has 0 bridgehead atoms. The highest BCUT2D eigenvalue weighted by molar-refractivity contribution is 7.18. The van der Waals surface area contributed by atoms with Gasteiger partial charge >= 0.3 is 0 Å². The van der Waals surface area contributed by atoms with E-state index in [2.05, 4.69) is 20.4 Å². The number of thiazole rings is 1. The van der Waals surface area contributed by atoms with Crippen molar-refractivity contribution in [1.82, 2.24) is 29.6 Å². The van der Waals surface area contributed by atoms with E-state index in [1.807, 2.05) is 37.3 Å². The minimum Gasteiger partial charge on any atom is -0.353 e. The molecule has 0 spiro atoms. The molecule has 33 heavy (non-hydrogen) atoms. The predicted octanol–water partition coefficient (Wildman–Crippen LogP) is 2.02. The molecule has 0 aliphatic carbocycles. The molecule has 0 aliphatic heterocycles. The molecule has 0 saturated heterocycles. The predicted molar refractivity (Wildman–Crippen MR) is 126 cm³/mol. The molecule has 1 N–H and O–H groups in total. The average Bonchev–Trinajstić information content (AvgIpc) is 3.19. The van der Waals surface area contributed by atoms with Gasteiger partial charge in [0.05, 0.1) is 23.4 Å². The summed E-state index contributed by atoms with van der Waals surface area (Å²) in [4.78, 5) is 45.9. The Hall–Kier alpha value is -3.92. The van der Waals surface area contributed by atoms with Gasteiger partial charge in [-0.15, -0.1) is 11.3 Å². The number of carbonyl (C=O) groups is 1. The van der Waals surface area contributed by atoms with Gasteiger partial charge in [0.1, 0.15) is 17.2 Å². The molecule has 0 atom stereocenters. The maximum atomic E-state index is 12.3. The van der Waals surface area contributed by atoms with Crippen LogP contribution >= 0.6 is 11.3 Å². The average molecular weight is 463 g/mol. The van der Waals surface area contributed by atoms with Crippen LogP contribution in [0.15, 0.2) is 64.4 Å². The quantitative estimate of drug-likeness (QED) is 0.450. The second kappa shape index (κ2) is 9.70. The standard InChI is InChI=1S/C23H22N6O3S/c1-15-12-21(32)28(14-25-15)13-19(30)24-10-11-29-20(31)9-8-18(27-29)22-16(2)26-23(33-22)17-6-4-3-5-7-17/h3-9,12,14H,10-11,13H2,1-2H3,(H,24,30). The number of amides is 1. The SMILES string of the molecule is Cc1cc(=O)n(CC(=O)NCCn2nc(-c3sc(-c4ccccc4)nc3C)ccc2=O)cn1. The monoisotopic (exact) mass is 462 g/mol. The molecule has 4 aromatic rings. The zero-order valence-electron chi connectivity index (χ0n) is 18.2. The number of hydrogen-bond acceptors (Lipinski definition) is 7. The molecule has 3 aromatic heterocycles. The van der Waals surface area contributed by atoms with Crippen molar-refractivity contribution >= 4 is 17.2 Å². The lowest BCUT2D eigenvalue weighted by Crippen LogP contribution is -2.35. The second-order valence-electron chi connectivity index (χ2n) is 7.43. The van der Waals surface area contributed by atoms with Crippen molar-refractivity contribution in [2.45, 2.75) is 26.9 Å². The van der Waals surface area contributed by atoms with Gasteiger partial charge in [-0.25, -0.2) is 14.6 Å². The van der Waals surface area contributed by atoms with Gasteiger partial charge in [0.15, 0.2) is 0 Å². The van der Waals surface area contributed by atoms with Gasteiger partial charge in [-0.1, -0.05) is 30.3 Å². The number of carbonyl (C=O) groups excluding carboxylic acids is 1. The summed E-state index contributed by atoms with van der Waals surface area (Å²) in [7, 11) is 0. The molecule has 1 amide bonds. The number of nitrogens with zero attached hydrogens (tertiary/aromatic N) is 5. The smallest absolute Gasteiger partial charge is 0.266 e. The number of hydrogen-bond donors (Lipinski definition) is 1. The van der Waals surface area contributed by atoms with Crippen LogP contribution in [-0.4, -0.2) is 36.8 Å². The van der Waals surface area contributed by atoms with Crippen molar-refractivity contribution in [1.29, 1.82) is 0 Å². The van der Waals surface area contributed by atoms with E-state index in [1.165, 1.54) is 39.0 Å². The summed E-state index contributed by atoms with van der Waals surface area (Å²) in [5.41, 5.74) is 2.54. The van der Waals surface area contributed by atoms with Crippen LogP contribution in [0.3, 0.4) is 0 Å². The summed E-state index contributed by atoms with van der Waals surface area (Å²) in [6.45, 7) is 3.87. The third kappa shape index (κ3) is 5.29. The van der Waals surface area contributed by atoms with Crippen LogP contribution < -0.4 is 16.4 Å². The first kappa shape index (κ1) is 22.3. The first-order chi connectivity index (χ1) is 15.9. The molecule has 9 nitrogen and oxygen atoms in total. The number of aromatic nitrogens is 5. The molecule has 1 aromatic carbocycles. The topological polar surface area (TPSA) is 112 Å². The molecule has 4 rings (SSSR count). The highest BCUT2D eigenvalue weighted by Gasteiger charge is 2.14. The highest BCUT2D eigenvalue weighted by atomic mass is 32.1. The lowest BCUT2D eigenvalue weighted by molar-refractivity contribution is -0.121. The highest BCUT2D eigenvalue weighted by Crippen LogP contribution is 2.33. The van der Waals surface area contributed by atoms with Gasteiger partial charge in [-0.3, -0.25) is 19.0 Å². The van der Waals surface area contributed by atoms with E-state index < -0.39 is 0 Å². The molecule has 0 radical (unpaired) electrons. The summed E-state index contributed by atoms with van der Waals surface area (Å²) in [5.74, 6) is -0.349. The van der Waals surface area contributed by atoms with E-state index in [0.717, 1.165) is 21.1 Å². The van der Waals surface area contributed by atoms with Gasteiger partial charge in [-0.05, 0) is 19.9 Å². The van der Waals surface area contributed by atoms with Gasteiger partial charge < -0.3 is 5.32 Å². The summed E-state index contributed by atoms with van der Waals surface area (Å²) in [6, 6.07) is 14.4. The normalized spacial score (nSPS) is 10.8. The largest absolute Gasteiger partial charge is 0.353 e. The van der Waals surface area contributed by atoms with E-state index in [-0.39, 0.29) is 36.7 Å². The Labute approximate surface area is 193 Å². The fraction of sp³-hybridized carbons (Fsp3) is 0.217. The first-order valence-electron chi connectivity index (χ1n) is 10.3. The Morgan fingerprint density at radius 1 is 1.06 bits per heavy atom. The van der Waals surface area contributed by atoms with Crippen LogP contribution in [-0.2, 0) is 17.9 Å². The van der Waals surface area contributed by atoms with Crippen LogP contribution in [0.4, 0.5) is 0 Å². The van der Waals surface area contributed by atoms with Gasteiger partial charge in [0, 0.05) is 29.9 Å². The van der Waals surface area contributed by atoms with Crippen LogP contribution in [0, 0.1) is 13.8 Å². The number of aryl methyl sites for hydroxylation is 2. The van der Waals surface area contributed by atoms with Crippen molar-refractivity contribution in [3.05, 3.63) is 87.0 Å². The van der Waals surface area contributed by atoms with Crippen molar-refractivity contribution in [3.63, 3.8) is 0 Å². The van der Waals surface area contributed by atoms with Crippen molar-refractivity contribution in [3.8, 4) is 21.1 Å². The molecule has 0 aliphatic rings. The van der Waals surface area contributed by atoms with E-state index >= 15 is 0 Å². The summed E-state index contributed by atoms with van der Waals surface area (Å²) in [5, 5.41) is 8.07. The molecular weight excluding hydrogens is 440 g/mol. The van der Waals surface area contributed by atoms with Gasteiger partial charge in [-0.2, -0.15) is 5.10 Å². The maximum absolute atomic E-state index is 12.3. The molecule has 0 saturated carbocycles. The Bertz CT molecular complexity index is 1410. The van der Waals surface area contributed by atoms with E-state index in [9.17, 15) is 14.4 Å². The zero-order valence-corrected chi connectivity index (χ0v) is 19.0. The molecule has 0 unspecified atom stereocenters. The molecule has 3 heterocycles. The minimum absolute atomic E-state index is 0.142. The lowest BCUT2D eigenvalue weighted by atomic mass is 10.2. The van der Waals surface area contributed by atoms with Crippen LogP contribution in [0.25, 0.3) is 21.1 Å². The fourth-order valence-corrected chi connectivity index (χ4v) is 4.25. The third-order valence-corrected chi connectivity index (χ3v) is 6.12. The Morgan fingerprint density at radius 2 is 1.85 bits per heavy atom. The van der Waals surface area contributed by atoms with Crippen molar-refractivity contribution in [2.75, 3.05) is 6.54 Å². The number of benzene rings is 1. The van der Waals surface area contributed by atoms with Crippen LogP contribution in [0.5, 0.6) is 0 Å². The lowest BCUT2D eigenvalue weighted by Gasteiger charge is -2.09. The number of nitrogens with one attached hydrogen (secondary N) is 1. The first-order valence-corrected chi connectivity index (χ1v) is 11.1. The Balaban J connectivity index is 1.44. The maximum Gasteiger partial charge on any atom is 0.266 e. The second-order valence-corrected chi connectivity index (χ2v) is 8.42. The summed E-state index contributed by atoms with van der Waals surface area (Å²) < 4.78 is 2.54.